The Balaban J connectivity index is 2.15. The van der Waals surface area contributed by atoms with Crippen molar-refractivity contribution in [3.63, 3.8) is 0 Å². The number of carbonyl (C=O) groups excluding carboxylic acids is 1. The van der Waals surface area contributed by atoms with Gasteiger partial charge < -0.3 is 0 Å². The maximum atomic E-state index is 11.5. The molecule has 0 amide bonds. The summed E-state index contributed by atoms with van der Waals surface area (Å²) in [6.45, 7) is 4.38. The van der Waals surface area contributed by atoms with E-state index in [1.807, 2.05) is 0 Å². The SMILES string of the molecule is Cc1ccc(C)c2c1CC1CC(=O)CC21. The van der Waals surface area contributed by atoms with Crippen molar-refractivity contribution >= 4 is 5.78 Å². The van der Waals surface area contributed by atoms with Crippen molar-refractivity contribution in [3.05, 3.63) is 34.4 Å². The van der Waals surface area contributed by atoms with Crippen molar-refractivity contribution < 1.29 is 4.79 Å². The van der Waals surface area contributed by atoms with Crippen LogP contribution < -0.4 is 0 Å². The number of carbonyl (C=O) groups is 1. The summed E-state index contributed by atoms with van der Waals surface area (Å²) in [5.74, 6) is 1.64. The summed E-state index contributed by atoms with van der Waals surface area (Å²) in [6.07, 6.45) is 2.75. The maximum absolute atomic E-state index is 11.5. The predicted molar refractivity (Wildman–Crippen MR) is 60.1 cm³/mol. The van der Waals surface area contributed by atoms with Crippen LogP contribution in [0.2, 0.25) is 0 Å². The van der Waals surface area contributed by atoms with Gasteiger partial charge in [-0.15, -0.1) is 0 Å². The molecule has 1 heteroatoms. The third-order valence-corrected chi connectivity index (χ3v) is 4.15. The Kier molecular flexibility index (Phi) is 1.79. The average molecular weight is 200 g/mol. The molecule has 1 fully saturated rings. The molecule has 0 spiro atoms. The van der Waals surface area contributed by atoms with Gasteiger partial charge in [0.1, 0.15) is 5.78 Å². The predicted octanol–water partition coefficient (Wildman–Crippen LogP) is 2.92. The molecule has 0 radical (unpaired) electrons. The molecule has 1 saturated carbocycles. The fraction of sp³-hybridized carbons (Fsp3) is 0.500. The van der Waals surface area contributed by atoms with Crippen LogP contribution in [0.15, 0.2) is 12.1 Å². The summed E-state index contributed by atoms with van der Waals surface area (Å²) in [5.41, 5.74) is 5.85. The van der Waals surface area contributed by atoms with Crippen LogP contribution in [0, 0.1) is 19.8 Å². The van der Waals surface area contributed by atoms with E-state index in [-0.39, 0.29) is 0 Å². The second kappa shape index (κ2) is 2.94. The molecule has 2 atom stereocenters. The van der Waals surface area contributed by atoms with E-state index in [0.29, 0.717) is 17.6 Å². The molecule has 0 aliphatic heterocycles. The molecule has 0 saturated heterocycles. The van der Waals surface area contributed by atoms with Gasteiger partial charge in [-0.2, -0.15) is 0 Å². The van der Waals surface area contributed by atoms with Crippen LogP contribution >= 0.6 is 0 Å². The minimum Gasteiger partial charge on any atom is -0.300 e. The van der Waals surface area contributed by atoms with Crippen molar-refractivity contribution in [2.45, 2.75) is 39.0 Å². The van der Waals surface area contributed by atoms with E-state index >= 15 is 0 Å². The first kappa shape index (κ1) is 9.14. The number of fused-ring (bicyclic) bond motifs is 3. The van der Waals surface area contributed by atoms with Crippen molar-refractivity contribution in [2.24, 2.45) is 5.92 Å². The molecule has 78 valence electrons. The lowest BCUT2D eigenvalue weighted by molar-refractivity contribution is -0.117. The van der Waals surface area contributed by atoms with Gasteiger partial charge in [0.2, 0.25) is 0 Å². The number of ketones is 1. The molecule has 0 heterocycles. The van der Waals surface area contributed by atoms with Gasteiger partial charge in [0.05, 0.1) is 0 Å². The lowest BCUT2D eigenvalue weighted by atomic mass is 9.92. The van der Waals surface area contributed by atoms with Crippen LogP contribution in [0.4, 0.5) is 0 Å². The molecule has 0 aromatic heterocycles. The van der Waals surface area contributed by atoms with Gasteiger partial charge in [-0.3, -0.25) is 4.79 Å². The van der Waals surface area contributed by atoms with Gasteiger partial charge in [-0.05, 0) is 54.4 Å². The van der Waals surface area contributed by atoms with Crippen molar-refractivity contribution in [2.75, 3.05) is 0 Å². The molecule has 1 nitrogen and oxygen atoms in total. The number of benzene rings is 1. The number of hydrogen-bond donors (Lipinski definition) is 0. The van der Waals surface area contributed by atoms with Crippen molar-refractivity contribution in [3.8, 4) is 0 Å². The van der Waals surface area contributed by atoms with E-state index < -0.39 is 0 Å². The average Bonchev–Trinajstić information content (AvgIpc) is 2.67. The van der Waals surface area contributed by atoms with Crippen molar-refractivity contribution in [1.82, 2.24) is 0 Å². The summed E-state index contributed by atoms with van der Waals surface area (Å²) < 4.78 is 0. The highest BCUT2D eigenvalue weighted by molar-refractivity contribution is 5.83. The summed E-state index contributed by atoms with van der Waals surface area (Å²) >= 11 is 0. The Morgan fingerprint density at radius 3 is 2.60 bits per heavy atom. The van der Waals surface area contributed by atoms with Gasteiger partial charge in [-0.25, -0.2) is 0 Å². The highest BCUT2D eigenvalue weighted by atomic mass is 16.1. The van der Waals surface area contributed by atoms with Gasteiger partial charge in [-0.1, -0.05) is 12.1 Å². The minimum absolute atomic E-state index is 0.469. The molecular formula is C14H16O. The fourth-order valence-corrected chi connectivity index (χ4v) is 3.42. The van der Waals surface area contributed by atoms with E-state index in [0.717, 1.165) is 19.3 Å². The number of rotatable bonds is 0. The zero-order valence-corrected chi connectivity index (χ0v) is 9.34. The topological polar surface area (TPSA) is 17.1 Å². The lowest BCUT2D eigenvalue weighted by Crippen LogP contribution is -1.99. The zero-order chi connectivity index (χ0) is 10.6. The summed E-state index contributed by atoms with van der Waals surface area (Å²) in [7, 11) is 0. The third-order valence-electron chi connectivity index (χ3n) is 4.15. The maximum Gasteiger partial charge on any atom is 0.133 e. The first-order valence-corrected chi connectivity index (χ1v) is 5.77. The van der Waals surface area contributed by atoms with E-state index in [4.69, 9.17) is 0 Å². The van der Waals surface area contributed by atoms with E-state index in [1.54, 1.807) is 0 Å². The smallest absolute Gasteiger partial charge is 0.133 e. The Bertz CT molecular complexity index is 445. The molecule has 3 rings (SSSR count). The number of aryl methyl sites for hydroxylation is 2. The monoisotopic (exact) mass is 200 g/mol. The Morgan fingerprint density at radius 2 is 1.80 bits per heavy atom. The normalized spacial score (nSPS) is 28.0. The zero-order valence-electron chi connectivity index (χ0n) is 9.34. The minimum atomic E-state index is 0.469. The van der Waals surface area contributed by atoms with E-state index in [1.165, 1.54) is 22.3 Å². The fourth-order valence-electron chi connectivity index (χ4n) is 3.42. The largest absolute Gasteiger partial charge is 0.300 e. The van der Waals surface area contributed by atoms with Crippen LogP contribution in [0.3, 0.4) is 0 Å². The summed E-state index contributed by atoms with van der Waals surface area (Å²) in [4.78, 5) is 11.5. The highest BCUT2D eigenvalue weighted by Gasteiger charge is 2.41. The van der Waals surface area contributed by atoms with Gasteiger partial charge in [0, 0.05) is 12.8 Å². The molecule has 15 heavy (non-hydrogen) atoms. The second-order valence-electron chi connectivity index (χ2n) is 5.11. The quantitative estimate of drug-likeness (QED) is 0.629. The third kappa shape index (κ3) is 1.19. The van der Waals surface area contributed by atoms with E-state index in [2.05, 4.69) is 26.0 Å². The summed E-state index contributed by atoms with van der Waals surface area (Å²) in [6, 6.07) is 4.43. The first-order valence-electron chi connectivity index (χ1n) is 5.77. The molecule has 2 unspecified atom stereocenters. The Morgan fingerprint density at radius 1 is 1.07 bits per heavy atom. The Hall–Kier alpha value is -1.11. The Labute approximate surface area is 90.5 Å². The molecule has 2 aliphatic carbocycles. The number of Topliss-reactive ketones (excluding diaryl/α,β-unsaturated/α-hetero) is 1. The van der Waals surface area contributed by atoms with Crippen LogP contribution in [0.25, 0.3) is 0 Å². The van der Waals surface area contributed by atoms with Crippen LogP contribution in [0.5, 0.6) is 0 Å². The van der Waals surface area contributed by atoms with Gasteiger partial charge in [0.25, 0.3) is 0 Å². The number of hydrogen-bond acceptors (Lipinski definition) is 1. The lowest BCUT2D eigenvalue weighted by Gasteiger charge is -2.12. The van der Waals surface area contributed by atoms with Crippen molar-refractivity contribution in [1.29, 1.82) is 0 Å². The first-order chi connectivity index (χ1) is 7.16. The summed E-state index contributed by atoms with van der Waals surface area (Å²) in [5, 5.41) is 0. The molecule has 1 aromatic rings. The standard InChI is InChI=1S/C14H16O/c1-8-3-4-9(2)14-12(8)6-10-5-11(15)7-13(10)14/h3-4,10,13H,5-7H2,1-2H3. The van der Waals surface area contributed by atoms with Gasteiger partial charge >= 0.3 is 0 Å². The van der Waals surface area contributed by atoms with E-state index in [9.17, 15) is 4.79 Å². The second-order valence-corrected chi connectivity index (χ2v) is 5.11. The highest BCUT2D eigenvalue weighted by Crippen LogP contribution is 2.48. The van der Waals surface area contributed by atoms with Crippen LogP contribution in [-0.4, -0.2) is 5.78 Å². The molecule has 2 aliphatic rings. The molecule has 1 aromatic carbocycles. The molecule has 0 N–H and O–H groups in total. The van der Waals surface area contributed by atoms with Crippen LogP contribution in [-0.2, 0) is 11.2 Å². The molecule has 0 bridgehead atoms. The molecular weight excluding hydrogens is 184 g/mol. The van der Waals surface area contributed by atoms with Gasteiger partial charge in [0.15, 0.2) is 0 Å². The van der Waals surface area contributed by atoms with Crippen LogP contribution in [0.1, 0.15) is 41.0 Å².